The summed E-state index contributed by atoms with van der Waals surface area (Å²) in [5, 5.41) is 0. The Balaban J connectivity index is 2.41. The molecule has 0 aromatic heterocycles. The second kappa shape index (κ2) is 5.55. The SMILES string of the molecule is Cc1ccc(N(C)c2cc(Br)ccc2CN)cc1. The molecule has 2 aromatic carbocycles. The molecule has 2 aromatic rings. The Hall–Kier alpha value is -1.32. The number of halogens is 1. The van der Waals surface area contributed by atoms with Crippen LogP contribution in [0, 0.1) is 6.92 Å². The Kier molecular flexibility index (Phi) is 4.04. The molecule has 0 unspecified atom stereocenters. The van der Waals surface area contributed by atoms with Gasteiger partial charge in [-0.25, -0.2) is 0 Å². The first-order chi connectivity index (χ1) is 8.61. The van der Waals surface area contributed by atoms with Crippen molar-refractivity contribution in [3.63, 3.8) is 0 Å². The van der Waals surface area contributed by atoms with Gasteiger partial charge < -0.3 is 10.6 Å². The van der Waals surface area contributed by atoms with Crippen molar-refractivity contribution in [3.8, 4) is 0 Å². The normalized spacial score (nSPS) is 10.4. The van der Waals surface area contributed by atoms with Crippen LogP contribution in [0.15, 0.2) is 46.9 Å². The Morgan fingerprint density at radius 2 is 1.78 bits per heavy atom. The Morgan fingerprint density at radius 1 is 1.11 bits per heavy atom. The Labute approximate surface area is 117 Å². The van der Waals surface area contributed by atoms with Crippen molar-refractivity contribution in [2.45, 2.75) is 13.5 Å². The van der Waals surface area contributed by atoms with E-state index in [1.165, 1.54) is 5.56 Å². The molecule has 0 saturated heterocycles. The van der Waals surface area contributed by atoms with Crippen molar-refractivity contribution in [1.29, 1.82) is 0 Å². The van der Waals surface area contributed by atoms with Crippen LogP contribution in [-0.4, -0.2) is 7.05 Å². The largest absolute Gasteiger partial charge is 0.344 e. The van der Waals surface area contributed by atoms with E-state index in [-0.39, 0.29) is 0 Å². The fourth-order valence-corrected chi connectivity index (χ4v) is 2.28. The summed E-state index contributed by atoms with van der Waals surface area (Å²) in [5.41, 5.74) is 10.5. The average molecular weight is 305 g/mol. The smallest absolute Gasteiger partial charge is 0.0464 e. The van der Waals surface area contributed by atoms with Gasteiger partial charge >= 0.3 is 0 Å². The van der Waals surface area contributed by atoms with Gasteiger partial charge in [0.25, 0.3) is 0 Å². The highest BCUT2D eigenvalue weighted by Crippen LogP contribution is 2.29. The van der Waals surface area contributed by atoms with E-state index in [0.29, 0.717) is 6.54 Å². The van der Waals surface area contributed by atoms with Crippen LogP contribution in [-0.2, 0) is 6.54 Å². The van der Waals surface area contributed by atoms with Crippen molar-refractivity contribution < 1.29 is 0 Å². The summed E-state index contributed by atoms with van der Waals surface area (Å²) in [7, 11) is 2.06. The summed E-state index contributed by atoms with van der Waals surface area (Å²) in [5.74, 6) is 0. The van der Waals surface area contributed by atoms with Gasteiger partial charge in [-0.05, 0) is 36.8 Å². The van der Waals surface area contributed by atoms with E-state index in [0.717, 1.165) is 21.4 Å². The van der Waals surface area contributed by atoms with Crippen molar-refractivity contribution in [3.05, 3.63) is 58.1 Å². The fourth-order valence-electron chi connectivity index (χ4n) is 1.93. The standard InChI is InChI=1S/C15H17BrN2/c1-11-3-7-14(8-4-11)18(2)15-9-13(16)6-5-12(15)10-17/h3-9H,10,17H2,1-2H3. The lowest BCUT2D eigenvalue weighted by Gasteiger charge is -2.22. The Morgan fingerprint density at radius 3 is 2.39 bits per heavy atom. The molecule has 0 heterocycles. The van der Waals surface area contributed by atoms with Crippen LogP contribution in [0.4, 0.5) is 11.4 Å². The van der Waals surface area contributed by atoms with Crippen molar-refractivity contribution in [2.24, 2.45) is 5.73 Å². The van der Waals surface area contributed by atoms with Gasteiger partial charge in [-0.2, -0.15) is 0 Å². The van der Waals surface area contributed by atoms with Crippen LogP contribution >= 0.6 is 15.9 Å². The van der Waals surface area contributed by atoms with E-state index in [2.05, 4.69) is 71.2 Å². The maximum Gasteiger partial charge on any atom is 0.0464 e. The summed E-state index contributed by atoms with van der Waals surface area (Å²) in [6, 6.07) is 14.7. The molecule has 0 amide bonds. The molecule has 2 N–H and O–H groups in total. The zero-order valence-corrected chi connectivity index (χ0v) is 12.2. The molecule has 0 aliphatic heterocycles. The molecular weight excluding hydrogens is 288 g/mol. The summed E-state index contributed by atoms with van der Waals surface area (Å²) in [6.07, 6.45) is 0. The Bertz CT molecular complexity index is 535. The second-order valence-electron chi connectivity index (χ2n) is 4.37. The lowest BCUT2D eigenvalue weighted by Crippen LogP contribution is -2.13. The molecule has 3 heteroatoms. The third-order valence-corrected chi connectivity index (χ3v) is 3.54. The van der Waals surface area contributed by atoms with Gasteiger partial charge in [0.2, 0.25) is 0 Å². The summed E-state index contributed by atoms with van der Waals surface area (Å²) >= 11 is 3.51. The summed E-state index contributed by atoms with van der Waals surface area (Å²) < 4.78 is 1.06. The molecular formula is C15H17BrN2. The van der Waals surface area contributed by atoms with Gasteiger partial charge in [-0.3, -0.25) is 0 Å². The number of hydrogen-bond acceptors (Lipinski definition) is 2. The number of hydrogen-bond donors (Lipinski definition) is 1. The molecule has 2 nitrogen and oxygen atoms in total. The number of aryl methyl sites for hydroxylation is 1. The van der Waals surface area contributed by atoms with E-state index < -0.39 is 0 Å². The van der Waals surface area contributed by atoms with Gasteiger partial charge in [-0.1, -0.05) is 39.7 Å². The monoisotopic (exact) mass is 304 g/mol. The van der Waals surface area contributed by atoms with Gasteiger partial charge in [0.15, 0.2) is 0 Å². The number of rotatable bonds is 3. The van der Waals surface area contributed by atoms with E-state index in [1.54, 1.807) is 0 Å². The van der Waals surface area contributed by atoms with E-state index in [9.17, 15) is 0 Å². The molecule has 0 radical (unpaired) electrons. The van der Waals surface area contributed by atoms with E-state index in [1.807, 2.05) is 6.07 Å². The van der Waals surface area contributed by atoms with Crippen LogP contribution in [0.25, 0.3) is 0 Å². The maximum atomic E-state index is 5.80. The third kappa shape index (κ3) is 2.74. The fraction of sp³-hybridized carbons (Fsp3) is 0.200. The molecule has 0 aliphatic rings. The van der Waals surface area contributed by atoms with Crippen molar-refractivity contribution >= 4 is 27.3 Å². The lowest BCUT2D eigenvalue weighted by molar-refractivity contribution is 1.04. The highest BCUT2D eigenvalue weighted by atomic mass is 79.9. The zero-order valence-electron chi connectivity index (χ0n) is 10.7. The van der Waals surface area contributed by atoms with Gasteiger partial charge in [0, 0.05) is 29.4 Å². The quantitative estimate of drug-likeness (QED) is 0.929. The molecule has 0 atom stereocenters. The third-order valence-electron chi connectivity index (χ3n) is 3.05. The molecule has 0 saturated carbocycles. The molecule has 0 fully saturated rings. The minimum atomic E-state index is 0.540. The zero-order chi connectivity index (χ0) is 13.1. The number of nitrogens with zero attached hydrogens (tertiary/aromatic N) is 1. The number of nitrogens with two attached hydrogens (primary N) is 1. The van der Waals surface area contributed by atoms with Crippen LogP contribution in [0.2, 0.25) is 0 Å². The molecule has 94 valence electrons. The predicted molar refractivity (Wildman–Crippen MR) is 81.3 cm³/mol. The number of anilines is 2. The van der Waals surface area contributed by atoms with E-state index in [4.69, 9.17) is 5.73 Å². The molecule has 0 bridgehead atoms. The summed E-state index contributed by atoms with van der Waals surface area (Å²) in [6.45, 7) is 2.63. The van der Waals surface area contributed by atoms with Crippen LogP contribution in [0.5, 0.6) is 0 Å². The second-order valence-corrected chi connectivity index (χ2v) is 5.29. The minimum absolute atomic E-state index is 0.540. The molecule has 0 aliphatic carbocycles. The number of benzene rings is 2. The highest BCUT2D eigenvalue weighted by Gasteiger charge is 2.08. The van der Waals surface area contributed by atoms with Crippen LogP contribution < -0.4 is 10.6 Å². The minimum Gasteiger partial charge on any atom is -0.344 e. The van der Waals surface area contributed by atoms with Gasteiger partial charge in [0.05, 0.1) is 0 Å². The van der Waals surface area contributed by atoms with Gasteiger partial charge in [0.1, 0.15) is 0 Å². The molecule has 0 spiro atoms. The first-order valence-corrected chi connectivity index (χ1v) is 6.70. The van der Waals surface area contributed by atoms with Crippen LogP contribution in [0.1, 0.15) is 11.1 Å². The topological polar surface area (TPSA) is 29.3 Å². The van der Waals surface area contributed by atoms with E-state index >= 15 is 0 Å². The van der Waals surface area contributed by atoms with Crippen molar-refractivity contribution in [1.82, 2.24) is 0 Å². The molecule has 18 heavy (non-hydrogen) atoms. The first kappa shape index (κ1) is 13.1. The van der Waals surface area contributed by atoms with Gasteiger partial charge in [-0.15, -0.1) is 0 Å². The average Bonchev–Trinajstić information content (AvgIpc) is 2.39. The summed E-state index contributed by atoms with van der Waals surface area (Å²) in [4.78, 5) is 2.16. The predicted octanol–water partition coefficient (Wildman–Crippen LogP) is 3.98. The molecule has 2 rings (SSSR count). The lowest BCUT2D eigenvalue weighted by atomic mass is 10.1. The first-order valence-electron chi connectivity index (χ1n) is 5.90. The maximum absolute atomic E-state index is 5.80. The highest BCUT2D eigenvalue weighted by molar-refractivity contribution is 9.10. The van der Waals surface area contributed by atoms with Crippen molar-refractivity contribution in [2.75, 3.05) is 11.9 Å². The van der Waals surface area contributed by atoms with Crippen LogP contribution in [0.3, 0.4) is 0 Å².